The van der Waals surface area contributed by atoms with Gasteiger partial charge in [0, 0.05) is 0 Å². The number of alkyl halides is 1. The fraction of sp³-hybridized carbons (Fsp3) is 0.250. The number of aliphatic hydroxyl groups is 1. The molecule has 0 saturated heterocycles. The third-order valence-electron chi connectivity index (χ3n) is 1.48. The van der Waals surface area contributed by atoms with Crippen LogP contribution in [0, 0.1) is 0 Å². The van der Waals surface area contributed by atoms with E-state index in [1.165, 1.54) is 18.2 Å². The van der Waals surface area contributed by atoms with E-state index in [9.17, 15) is 9.90 Å². The maximum atomic E-state index is 10.5. The fourth-order valence-corrected chi connectivity index (χ4v) is 0.993. The number of carboxylic acids is 1. The fourth-order valence-electron chi connectivity index (χ4n) is 0.835. The minimum absolute atomic E-state index is 0.00390. The van der Waals surface area contributed by atoms with Gasteiger partial charge in [0.15, 0.2) is 0 Å². The van der Waals surface area contributed by atoms with E-state index in [4.69, 9.17) is 16.7 Å². The zero-order valence-electron chi connectivity index (χ0n) is 6.64. The van der Waals surface area contributed by atoms with Crippen LogP contribution < -0.4 is 0 Å². The number of aromatic nitrogens is 1. The predicted molar refractivity (Wildman–Crippen MR) is 46.9 cm³/mol. The summed E-state index contributed by atoms with van der Waals surface area (Å²) in [5.74, 6) is -1.13. The van der Waals surface area contributed by atoms with Crippen LogP contribution in [0.2, 0.25) is 0 Å². The van der Waals surface area contributed by atoms with Crippen molar-refractivity contribution in [3.05, 3.63) is 29.6 Å². The van der Waals surface area contributed by atoms with Crippen molar-refractivity contribution in [3.63, 3.8) is 0 Å². The molecule has 1 atom stereocenters. The number of carbonyl (C=O) groups is 1. The van der Waals surface area contributed by atoms with Gasteiger partial charge < -0.3 is 10.2 Å². The molecule has 70 valence electrons. The van der Waals surface area contributed by atoms with Crippen LogP contribution in [-0.4, -0.2) is 27.0 Å². The van der Waals surface area contributed by atoms with Gasteiger partial charge in [-0.2, -0.15) is 0 Å². The summed E-state index contributed by atoms with van der Waals surface area (Å²) in [5, 5.41) is 17.8. The van der Waals surface area contributed by atoms with Crippen LogP contribution in [0.1, 0.15) is 22.3 Å². The van der Waals surface area contributed by atoms with Crippen LogP contribution in [0.4, 0.5) is 0 Å². The van der Waals surface area contributed by atoms with Gasteiger partial charge in [-0.3, -0.25) is 0 Å². The average molecular weight is 202 g/mol. The Hall–Kier alpha value is -1.13. The third-order valence-corrected chi connectivity index (χ3v) is 1.77. The molecule has 0 aromatic carbocycles. The summed E-state index contributed by atoms with van der Waals surface area (Å²) < 4.78 is 0. The quantitative estimate of drug-likeness (QED) is 0.718. The highest BCUT2D eigenvalue weighted by Gasteiger charge is 2.10. The molecule has 5 heteroatoms. The Morgan fingerprint density at radius 2 is 2.31 bits per heavy atom. The van der Waals surface area contributed by atoms with Crippen molar-refractivity contribution in [2.24, 2.45) is 0 Å². The lowest BCUT2D eigenvalue weighted by atomic mass is 10.2. The maximum absolute atomic E-state index is 10.5. The minimum atomic E-state index is -1.12. The first-order valence-electron chi connectivity index (χ1n) is 3.59. The molecule has 0 amide bonds. The van der Waals surface area contributed by atoms with E-state index in [1.807, 2.05) is 0 Å². The largest absolute Gasteiger partial charge is 0.477 e. The second-order valence-corrected chi connectivity index (χ2v) is 2.73. The summed E-state index contributed by atoms with van der Waals surface area (Å²) >= 11 is 5.38. The van der Waals surface area contributed by atoms with Gasteiger partial charge in [0.05, 0.1) is 11.6 Å². The number of nitrogens with zero attached hydrogens (tertiary/aromatic N) is 1. The van der Waals surface area contributed by atoms with E-state index in [0.717, 1.165) is 0 Å². The Labute approximate surface area is 79.8 Å². The van der Waals surface area contributed by atoms with E-state index in [-0.39, 0.29) is 17.3 Å². The highest BCUT2D eigenvalue weighted by molar-refractivity contribution is 6.18. The van der Waals surface area contributed by atoms with Crippen molar-refractivity contribution in [2.75, 3.05) is 5.88 Å². The number of carboxylic acid groups (broad SMARTS) is 1. The average Bonchev–Trinajstić information content (AvgIpc) is 2.17. The number of pyridine rings is 1. The highest BCUT2D eigenvalue weighted by atomic mass is 35.5. The Bertz CT molecular complexity index is 316. The molecule has 0 bridgehead atoms. The molecule has 0 spiro atoms. The monoisotopic (exact) mass is 201 g/mol. The van der Waals surface area contributed by atoms with Crippen LogP contribution >= 0.6 is 11.6 Å². The molecule has 0 aliphatic rings. The van der Waals surface area contributed by atoms with Crippen molar-refractivity contribution in [2.45, 2.75) is 6.10 Å². The lowest BCUT2D eigenvalue weighted by Gasteiger charge is -2.05. The molecular formula is C8H8ClNO3. The summed E-state index contributed by atoms with van der Waals surface area (Å²) in [7, 11) is 0. The van der Waals surface area contributed by atoms with Crippen molar-refractivity contribution < 1.29 is 15.0 Å². The van der Waals surface area contributed by atoms with Crippen molar-refractivity contribution in [1.29, 1.82) is 0 Å². The second-order valence-electron chi connectivity index (χ2n) is 2.42. The van der Waals surface area contributed by atoms with Gasteiger partial charge >= 0.3 is 5.97 Å². The molecule has 0 aliphatic carbocycles. The molecule has 0 unspecified atom stereocenters. The van der Waals surface area contributed by atoms with Crippen molar-refractivity contribution in [1.82, 2.24) is 4.98 Å². The SMILES string of the molecule is O=C(O)c1cccc([C@H](O)CCl)n1. The van der Waals surface area contributed by atoms with Gasteiger partial charge in [0.2, 0.25) is 0 Å². The smallest absolute Gasteiger partial charge is 0.354 e. The van der Waals surface area contributed by atoms with Crippen molar-refractivity contribution >= 4 is 17.6 Å². The van der Waals surface area contributed by atoms with E-state index < -0.39 is 12.1 Å². The van der Waals surface area contributed by atoms with Gasteiger partial charge in [0.1, 0.15) is 11.8 Å². The van der Waals surface area contributed by atoms with E-state index in [0.29, 0.717) is 0 Å². The van der Waals surface area contributed by atoms with Gasteiger partial charge in [-0.05, 0) is 12.1 Å². The Kier molecular flexibility index (Phi) is 3.22. The standard InChI is InChI=1S/C8H8ClNO3/c9-4-7(11)5-2-1-3-6(10-5)8(12)13/h1-3,7,11H,4H2,(H,12,13)/t7-/m1/s1. The zero-order valence-corrected chi connectivity index (χ0v) is 7.40. The first kappa shape index (κ1) is 9.95. The number of aliphatic hydroxyl groups excluding tert-OH is 1. The highest BCUT2D eigenvalue weighted by Crippen LogP contribution is 2.11. The Balaban J connectivity index is 2.98. The molecule has 1 heterocycles. The normalized spacial score (nSPS) is 12.5. The number of hydrogen-bond donors (Lipinski definition) is 2. The van der Waals surface area contributed by atoms with Crippen LogP contribution in [0.25, 0.3) is 0 Å². The molecule has 1 aromatic heterocycles. The lowest BCUT2D eigenvalue weighted by Crippen LogP contribution is -2.06. The molecule has 13 heavy (non-hydrogen) atoms. The summed E-state index contributed by atoms with van der Waals surface area (Å²) in [6.07, 6.45) is -0.916. The molecule has 0 aliphatic heterocycles. The number of hydrogen-bond acceptors (Lipinski definition) is 3. The molecule has 1 aromatic rings. The summed E-state index contributed by atoms with van der Waals surface area (Å²) in [6.45, 7) is 0. The van der Waals surface area contributed by atoms with E-state index >= 15 is 0 Å². The zero-order chi connectivity index (χ0) is 9.84. The molecule has 2 N–H and O–H groups in total. The molecular weight excluding hydrogens is 194 g/mol. The Morgan fingerprint density at radius 3 is 2.85 bits per heavy atom. The van der Waals surface area contributed by atoms with Gasteiger partial charge in [-0.25, -0.2) is 9.78 Å². The van der Waals surface area contributed by atoms with Crippen LogP contribution in [-0.2, 0) is 0 Å². The molecule has 0 fully saturated rings. The molecule has 1 rings (SSSR count). The number of aromatic carboxylic acids is 1. The number of rotatable bonds is 3. The first-order valence-corrected chi connectivity index (χ1v) is 4.13. The minimum Gasteiger partial charge on any atom is -0.477 e. The summed E-state index contributed by atoms with van der Waals surface area (Å²) in [5.41, 5.74) is 0.177. The molecule has 0 saturated carbocycles. The van der Waals surface area contributed by atoms with Gasteiger partial charge in [-0.15, -0.1) is 11.6 Å². The van der Waals surface area contributed by atoms with E-state index in [2.05, 4.69) is 4.98 Å². The predicted octanol–water partition coefficient (Wildman–Crippen LogP) is 1.05. The molecule has 0 radical (unpaired) electrons. The van der Waals surface area contributed by atoms with Gasteiger partial charge in [0.25, 0.3) is 0 Å². The third kappa shape index (κ3) is 2.40. The maximum Gasteiger partial charge on any atom is 0.354 e. The lowest BCUT2D eigenvalue weighted by molar-refractivity contribution is 0.0689. The van der Waals surface area contributed by atoms with Crippen LogP contribution in [0.5, 0.6) is 0 Å². The summed E-state index contributed by atoms with van der Waals surface area (Å²) in [4.78, 5) is 14.2. The second kappa shape index (κ2) is 4.20. The topological polar surface area (TPSA) is 70.4 Å². The Morgan fingerprint density at radius 1 is 1.62 bits per heavy atom. The first-order chi connectivity index (χ1) is 6.15. The van der Waals surface area contributed by atoms with Gasteiger partial charge in [-0.1, -0.05) is 6.07 Å². The summed E-state index contributed by atoms with van der Waals surface area (Å²) in [6, 6.07) is 4.40. The van der Waals surface area contributed by atoms with Crippen LogP contribution in [0.15, 0.2) is 18.2 Å². The van der Waals surface area contributed by atoms with E-state index in [1.54, 1.807) is 0 Å². The number of halogens is 1. The van der Waals surface area contributed by atoms with Crippen molar-refractivity contribution in [3.8, 4) is 0 Å². The van der Waals surface area contributed by atoms with Crippen LogP contribution in [0.3, 0.4) is 0 Å². The molecule has 4 nitrogen and oxygen atoms in total.